The standard InChI is InChI=1S/C19H20NO3S/c1-22-18-10-6-9-17(19(18)23-2)15-12-16(20(21)24-13-15)11-14-7-4-3-5-8-14/h3-10,12,16H,11,13H2,1-2H3/q+1/t16-/m0/s1. The van der Waals surface area contributed by atoms with Crippen LogP contribution < -0.4 is 9.47 Å². The van der Waals surface area contributed by atoms with Gasteiger partial charge in [-0.2, -0.15) is 0 Å². The number of nitrogens with zero attached hydrogens (tertiary/aromatic N) is 1. The molecule has 0 bridgehead atoms. The lowest BCUT2D eigenvalue weighted by Crippen LogP contribution is -2.24. The second-order valence-corrected chi connectivity index (χ2v) is 6.46. The molecule has 3 rings (SSSR count). The van der Waals surface area contributed by atoms with Gasteiger partial charge in [0.2, 0.25) is 18.0 Å². The molecule has 2 aromatic rings. The number of hydrogen-bond donors (Lipinski definition) is 0. The molecule has 2 aromatic carbocycles. The van der Waals surface area contributed by atoms with Gasteiger partial charge in [-0.25, -0.2) is 0 Å². The molecule has 0 amide bonds. The molecule has 0 fully saturated rings. The lowest BCUT2D eigenvalue weighted by atomic mass is 9.99. The molecule has 1 heterocycles. The van der Waals surface area contributed by atoms with Gasteiger partial charge in [0, 0.05) is 16.9 Å². The summed E-state index contributed by atoms with van der Waals surface area (Å²) in [6, 6.07) is 15.7. The molecule has 0 saturated heterocycles. The Morgan fingerprint density at radius 3 is 2.58 bits per heavy atom. The summed E-state index contributed by atoms with van der Waals surface area (Å²) in [5.74, 6) is 2.04. The molecule has 0 N–H and O–H groups in total. The van der Waals surface area contributed by atoms with Gasteiger partial charge in [0.15, 0.2) is 11.5 Å². The second kappa shape index (κ2) is 7.53. The summed E-state index contributed by atoms with van der Waals surface area (Å²) < 4.78 is 12.0. The number of ether oxygens (including phenoxy) is 2. The van der Waals surface area contributed by atoms with Crippen LogP contribution in [-0.4, -0.2) is 30.2 Å². The molecule has 1 atom stereocenters. The molecule has 24 heavy (non-hydrogen) atoms. The zero-order valence-electron chi connectivity index (χ0n) is 13.8. The Morgan fingerprint density at radius 1 is 1.08 bits per heavy atom. The average molecular weight is 342 g/mol. The summed E-state index contributed by atoms with van der Waals surface area (Å²) in [5.41, 5.74) is 3.23. The number of hydrogen-bond acceptors (Lipinski definition) is 4. The average Bonchev–Trinajstić information content (AvgIpc) is 2.63. The van der Waals surface area contributed by atoms with Gasteiger partial charge in [-0.3, -0.25) is 0 Å². The van der Waals surface area contributed by atoms with E-state index in [-0.39, 0.29) is 6.04 Å². The summed E-state index contributed by atoms with van der Waals surface area (Å²) in [7, 11) is 3.27. The van der Waals surface area contributed by atoms with E-state index in [1.54, 1.807) is 14.2 Å². The summed E-state index contributed by atoms with van der Waals surface area (Å²) in [6.07, 6.45) is 2.74. The first kappa shape index (κ1) is 16.6. The number of nitroso groups, excluding NO2 is 1. The molecule has 1 aliphatic heterocycles. The van der Waals surface area contributed by atoms with E-state index in [2.05, 4.69) is 0 Å². The number of methoxy groups -OCH3 is 2. The van der Waals surface area contributed by atoms with Crippen LogP contribution in [0.3, 0.4) is 0 Å². The lowest BCUT2D eigenvalue weighted by molar-refractivity contribution is -0.405. The summed E-state index contributed by atoms with van der Waals surface area (Å²) in [6.45, 7) is 0. The van der Waals surface area contributed by atoms with Crippen LogP contribution in [0.2, 0.25) is 0 Å². The van der Waals surface area contributed by atoms with Crippen LogP contribution in [0.1, 0.15) is 11.1 Å². The molecule has 124 valence electrons. The minimum Gasteiger partial charge on any atom is -0.493 e. The van der Waals surface area contributed by atoms with Crippen LogP contribution in [0.25, 0.3) is 5.57 Å². The maximum atomic E-state index is 12.2. The smallest absolute Gasteiger partial charge is 0.239 e. The highest BCUT2D eigenvalue weighted by molar-refractivity contribution is 7.93. The molecule has 0 spiro atoms. The van der Waals surface area contributed by atoms with Gasteiger partial charge < -0.3 is 9.47 Å². The van der Waals surface area contributed by atoms with Crippen molar-refractivity contribution >= 4 is 17.5 Å². The highest BCUT2D eigenvalue weighted by Crippen LogP contribution is 2.38. The summed E-state index contributed by atoms with van der Waals surface area (Å²) in [5, 5.41) is 0. The maximum Gasteiger partial charge on any atom is 0.239 e. The first-order chi connectivity index (χ1) is 11.7. The van der Waals surface area contributed by atoms with Crippen molar-refractivity contribution in [2.75, 3.05) is 20.0 Å². The van der Waals surface area contributed by atoms with E-state index in [9.17, 15) is 4.91 Å². The van der Waals surface area contributed by atoms with Gasteiger partial charge in [-0.05, 0) is 23.3 Å². The molecular formula is C19H20NO3S+. The van der Waals surface area contributed by atoms with E-state index in [0.29, 0.717) is 23.7 Å². The Kier molecular flexibility index (Phi) is 5.20. The van der Waals surface area contributed by atoms with Crippen molar-refractivity contribution in [2.24, 2.45) is 0 Å². The van der Waals surface area contributed by atoms with E-state index in [1.165, 1.54) is 11.9 Å². The van der Waals surface area contributed by atoms with E-state index >= 15 is 0 Å². The molecule has 0 radical (unpaired) electrons. The SMILES string of the molecule is COc1cccc(C2=C[C@H](Cc3ccccc3)[N+](=O)SC2)c1OC. The summed E-state index contributed by atoms with van der Waals surface area (Å²) >= 11 is 1.29. The predicted octanol–water partition coefficient (Wildman–Crippen LogP) is 4.14. The second-order valence-electron chi connectivity index (χ2n) is 5.55. The number of para-hydroxylation sites is 1. The maximum absolute atomic E-state index is 12.2. The molecule has 0 saturated carbocycles. The highest BCUT2D eigenvalue weighted by Gasteiger charge is 2.32. The minimum atomic E-state index is -0.197. The van der Waals surface area contributed by atoms with Crippen molar-refractivity contribution in [3.63, 3.8) is 0 Å². The van der Waals surface area contributed by atoms with Gasteiger partial charge in [0.25, 0.3) is 0 Å². The van der Waals surface area contributed by atoms with Crippen molar-refractivity contribution in [1.82, 2.24) is 0 Å². The number of benzene rings is 2. The Bertz CT molecular complexity index is 758. The first-order valence-electron chi connectivity index (χ1n) is 7.78. The lowest BCUT2D eigenvalue weighted by Gasteiger charge is -2.17. The monoisotopic (exact) mass is 342 g/mol. The largest absolute Gasteiger partial charge is 0.493 e. The van der Waals surface area contributed by atoms with Gasteiger partial charge in [-0.15, -0.1) is 0 Å². The summed E-state index contributed by atoms with van der Waals surface area (Å²) in [4.78, 5) is 12.2. The van der Waals surface area contributed by atoms with Gasteiger partial charge in [0.05, 0.1) is 24.1 Å². The van der Waals surface area contributed by atoms with E-state index in [0.717, 1.165) is 20.9 Å². The normalized spacial score (nSPS) is 17.3. The van der Waals surface area contributed by atoms with Crippen molar-refractivity contribution in [2.45, 2.75) is 12.5 Å². The highest BCUT2D eigenvalue weighted by atomic mass is 32.2. The van der Waals surface area contributed by atoms with Crippen LogP contribution in [0.15, 0.2) is 54.6 Å². The minimum absolute atomic E-state index is 0.197. The molecule has 5 heteroatoms. The molecule has 1 aliphatic rings. The van der Waals surface area contributed by atoms with Crippen LogP contribution in [0.4, 0.5) is 0 Å². The van der Waals surface area contributed by atoms with Crippen LogP contribution in [-0.2, 0) is 6.42 Å². The van der Waals surface area contributed by atoms with E-state index < -0.39 is 0 Å². The first-order valence-corrected chi connectivity index (χ1v) is 8.72. The molecule has 0 aliphatic carbocycles. The van der Waals surface area contributed by atoms with Crippen molar-refractivity contribution < 1.29 is 13.6 Å². The Hall–Kier alpha value is -2.27. The fourth-order valence-electron chi connectivity index (χ4n) is 2.87. The Labute approximate surface area is 146 Å². The third-order valence-electron chi connectivity index (χ3n) is 4.05. The molecule has 0 aromatic heterocycles. The van der Waals surface area contributed by atoms with E-state index in [4.69, 9.17) is 9.47 Å². The molecule has 0 unspecified atom stereocenters. The van der Waals surface area contributed by atoms with Gasteiger partial charge in [0.1, 0.15) is 0 Å². The Morgan fingerprint density at radius 2 is 1.88 bits per heavy atom. The predicted molar refractivity (Wildman–Crippen MR) is 97.5 cm³/mol. The third kappa shape index (κ3) is 3.46. The fraction of sp³-hybridized carbons (Fsp3) is 0.263. The quantitative estimate of drug-likeness (QED) is 0.605. The fourth-order valence-corrected chi connectivity index (χ4v) is 3.71. The van der Waals surface area contributed by atoms with E-state index in [1.807, 2.05) is 54.6 Å². The van der Waals surface area contributed by atoms with Crippen molar-refractivity contribution in [3.8, 4) is 11.5 Å². The third-order valence-corrected chi connectivity index (χ3v) is 5.01. The van der Waals surface area contributed by atoms with Gasteiger partial charge in [-0.1, -0.05) is 42.5 Å². The van der Waals surface area contributed by atoms with Crippen LogP contribution in [0.5, 0.6) is 11.5 Å². The van der Waals surface area contributed by atoms with Crippen LogP contribution >= 0.6 is 11.9 Å². The molecular weight excluding hydrogens is 322 g/mol. The Balaban J connectivity index is 1.93. The van der Waals surface area contributed by atoms with Gasteiger partial charge >= 0.3 is 0 Å². The number of rotatable bonds is 5. The zero-order chi connectivity index (χ0) is 16.9. The van der Waals surface area contributed by atoms with Crippen LogP contribution in [0, 0.1) is 4.91 Å². The van der Waals surface area contributed by atoms with Crippen molar-refractivity contribution in [3.05, 3.63) is 70.6 Å². The van der Waals surface area contributed by atoms with Crippen molar-refractivity contribution in [1.29, 1.82) is 0 Å². The zero-order valence-corrected chi connectivity index (χ0v) is 14.6. The topological polar surface area (TPSA) is 38.5 Å². The molecule has 4 nitrogen and oxygen atoms in total.